The number of carbonyl (C=O) groups excluding carboxylic acids is 1. The van der Waals surface area contributed by atoms with Gasteiger partial charge in [-0.2, -0.15) is 0 Å². The van der Waals surface area contributed by atoms with Crippen LogP contribution in [0.4, 0.5) is 4.39 Å². The fraction of sp³-hybridized carbons (Fsp3) is 0.500. The van der Waals surface area contributed by atoms with Crippen LogP contribution in [0.25, 0.3) is 0 Å². The molecule has 4 nitrogen and oxygen atoms in total. The third-order valence-electron chi connectivity index (χ3n) is 2.34. The summed E-state index contributed by atoms with van der Waals surface area (Å²) in [4.78, 5) is 11.4. The number of esters is 1. The molecule has 1 rings (SSSR count). The Morgan fingerprint density at radius 1 is 1.11 bits per heavy atom. The van der Waals surface area contributed by atoms with Gasteiger partial charge in [0.25, 0.3) is 0 Å². The van der Waals surface area contributed by atoms with Crippen molar-refractivity contribution in [1.29, 1.82) is 0 Å². The Morgan fingerprint density at radius 2 is 1.79 bits per heavy atom. The fourth-order valence-corrected chi connectivity index (χ4v) is 1.63. The summed E-state index contributed by atoms with van der Waals surface area (Å²) in [6.07, 6.45) is -0.138. The van der Waals surface area contributed by atoms with Crippen molar-refractivity contribution in [3.63, 3.8) is 0 Å². The molecule has 0 heterocycles. The van der Waals surface area contributed by atoms with Crippen LogP contribution in [-0.2, 0) is 16.0 Å². The second kappa shape index (κ2) is 7.61. The summed E-state index contributed by atoms with van der Waals surface area (Å²) in [6.45, 7) is 6.36. The number of benzene rings is 1. The first-order valence-electron chi connectivity index (χ1n) is 6.35. The monoisotopic (exact) mass is 270 g/mol. The molecule has 1 aromatic carbocycles. The topological polar surface area (TPSA) is 44.8 Å². The largest absolute Gasteiger partial charge is 0.494 e. The maximum Gasteiger partial charge on any atom is 0.310 e. The van der Waals surface area contributed by atoms with Crippen molar-refractivity contribution in [2.45, 2.75) is 27.2 Å². The Kier molecular flexibility index (Phi) is 6.12. The van der Waals surface area contributed by atoms with Crippen LogP contribution in [-0.4, -0.2) is 25.8 Å². The van der Waals surface area contributed by atoms with Crippen molar-refractivity contribution < 1.29 is 23.4 Å². The Morgan fingerprint density at radius 3 is 2.37 bits per heavy atom. The third-order valence-corrected chi connectivity index (χ3v) is 2.34. The Hall–Kier alpha value is -1.78. The van der Waals surface area contributed by atoms with Gasteiger partial charge in [-0.15, -0.1) is 0 Å². The predicted octanol–water partition coefficient (Wildman–Crippen LogP) is 2.73. The summed E-state index contributed by atoms with van der Waals surface area (Å²) in [5, 5.41) is 0. The Labute approximate surface area is 112 Å². The number of hydrogen-bond donors (Lipinski definition) is 0. The quantitative estimate of drug-likeness (QED) is 0.715. The minimum Gasteiger partial charge on any atom is -0.494 e. The molecule has 0 atom stereocenters. The van der Waals surface area contributed by atoms with Crippen LogP contribution in [0.2, 0.25) is 0 Å². The highest BCUT2D eigenvalue weighted by molar-refractivity contribution is 5.73. The highest BCUT2D eigenvalue weighted by Gasteiger charge is 2.16. The number of carbonyl (C=O) groups is 1. The summed E-state index contributed by atoms with van der Waals surface area (Å²) < 4.78 is 29.4. The third kappa shape index (κ3) is 4.43. The van der Waals surface area contributed by atoms with Gasteiger partial charge in [-0.25, -0.2) is 4.39 Å². The molecule has 0 spiro atoms. The average molecular weight is 270 g/mol. The zero-order valence-electron chi connectivity index (χ0n) is 11.5. The maximum absolute atomic E-state index is 14.1. The normalized spacial score (nSPS) is 10.1. The van der Waals surface area contributed by atoms with E-state index in [9.17, 15) is 9.18 Å². The van der Waals surface area contributed by atoms with Crippen molar-refractivity contribution in [2.75, 3.05) is 19.8 Å². The van der Waals surface area contributed by atoms with Crippen LogP contribution < -0.4 is 9.47 Å². The summed E-state index contributed by atoms with van der Waals surface area (Å²) >= 11 is 0. The molecule has 0 fully saturated rings. The molecular weight excluding hydrogens is 251 g/mol. The smallest absolute Gasteiger partial charge is 0.310 e. The molecular formula is C14H19FO4. The number of rotatable bonds is 7. The standard InChI is InChI=1S/C14H19FO4/c1-4-17-11-7-10(8-13(16)19-6-3)14(15)12(9-11)18-5-2/h7,9H,4-6,8H2,1-3H3. The molecule has 106 valence electrons. The predicted molar refractivity (Wildman–Crippen MR) is 69.1 cm³/mol. The van der Waals surface area contributed by atoms with Crippen molar-refractivity contribution in [3.8, 4) is 11.5 Å². The van der Waals surface area contributed by atoms with E-state index in [1.54, 1.807) is 13.8 Å². The first-order chi connectivity index (χ1) is 9.12. The van der Waals surface area contributed by atoms with Gasteiger partial charge in [0.2, 0.25) is 0 Å². The van der Waals surface area contributed by atoms with E-state index in [2.05, 4.69) is 0 Å². The van der Waals surface area contributed by atoms with Crippen LogP contribution in [0.3, 0.4) is 0 Å². The van der Waals surface area contributed by atoms with E-state index >= 15 is 0 Å². The molecule has 0 aliphatic heterocycles. The number of hydrogen-bond acceptors (Lipinski definition) is 4. The summed E-state index contributed by atoms with van der Waals surface area (Å²) in [5.74, 6) is -0.449. The van der Waals surface area contributed by atoms with Gasteiger partial charge in [0.1, 0.15) is 5.75 Å². The lowest BCUT2D eigenvalue weighted by molar-refractivity contribution is -0.142. The highest BCUT2D eigenvalue weighted by atomic mass is 19.1. The SMILES string of the molecule is CCOC(=O)Cc1cc(OCC)cc(OCC)c1F. The van der Waals surface area contributed by atoms with Gasteiger partial charge >= 0.3 is 5.97 Å². The van der Waals surface area contributed by atoms with Crippen molar-refractivity contribution in [3.05, 3.63) is 23.5 Å². The summed E-state index contributed by atoms with van der Waals surface area (Å²) in [5.41, 5.74) is 0.216. The van der Waals surface area contributed by atoms with Crippen molar-refractivity contribution in [1.82, 2.24) is 0 Å². The zero-order chi connectivity index (χ0) is 14.3. The van der Waals surface area contributed by atoms with E-state index in [0.29, 0.717) is 19.0 Å². The van der Waals surface area contributed by atoms with Gasteiger partial charge in [0.15, 0.2) is 11.6 Å². The van der Waals surface area contributed by atoms with E-state index < -0.39 is 11.8 Å². The van der Waals surface area contributed by atoms with Crippen LogP contribution >= 0.6 is 0 Å². The molecule has 0 aromatic heterocycles. The van der Waals surface area contributed by atoms with Crippen molar-refractivity contribution >= 4 is 5.97 Å². The Bertz CT molecular complexity index is 432. The van der Waals surface area contributed by atoms with Gasteiger partial charge in [-0.05, 0) is 26.8 Å². The molecule has 1 aromatic rings. The zero-order valence-corrected chi connectivity index (χ0v) is 11.5. The number of ether oxygens (including phenoxy) is 3. The van der Waals surface area contributed by atoms with Crippen LogP contribution in [0.5, 0.6) is 11.5 Å². The Balaban J connectivity index is 3.02. The van der Waals surface area contributed by atoms with E-state index in [-0.39, 0.29) is 24.3 Å². The van der Waals surface area contributed by atoms with Gasteiger partial charge in [0, 0.05) is 11.6 Å². The molecule has 0 radical (unpaired) electrons. The van der Waals surface area contributed by atoms with Gasteiger partial charge in [0.05, 0.1) is 26.2 Å². The minimum absolute atomic E-state index is 0.0905. The molecule has 0 amide bonds. The maximum atomic E-state index is 14.1. The van der Waals surface area contributed by atoms with E-state index in [1.165, 1.54) is 12.1 Å². The average Bonchev–Trinajstić information content (AvgIpc) is 2.36. The van der Waals surface area contributed by atoms with Gasteiger partial charge in [-0.1, -0.05) is 0 Å². The molecule has 0 aliphatic rings. The van der Waals surface area contributed by atoms with Crippen LogP contribution in [0.1, 0.15) is 26.3 Å². The first-order valence-corrected chi connectivity index (χ1v) is 6.35. The second-order valence-electron chi connectivity index (χ2n) is 3.74. The van der Waals surface area contributed by atoms with E-state index in [0.717, 1.165) is 0 Å². The summed E-state index contributed by atoms with van der Waals surface area (Å²) in [7, 11) is 0. The second-order valence-corrected chi connectivity index (χ2v) is 3.74. The molecule has 0 bridgehead atoms. The highest BCUT2D eigenvalue weighted by Crippen LogP contribution is 2.28. The molecule has 0 saturated carbocycles. The van der Waals surface area contributed by atoms with Crippen LogP contribution in [0.15, 0.2) is 12.1 Å². The van der Waals surface area contributed by atoms with Crippen molar-refractivity contribution in [2.24, 2.45) is 0 Å². The lowest BCUT2D eigenvalue weighted by Crippen LogP contribution is -2.10. The molecule has 0 N–H and O–H groups in total. The molecule has 5 heteroatoms. The van der Waals surface area contributed by atoms with Gasteiger partial charge in [-0.3, -0.25) is 4.79 Å². The molecule has 19 heavy (non-hydrogen) atoms. The lowest BCUT2D eigenvalue weighted by atomic mass is 10.1. The van der Waals surface area contributed by atoms with Gasteiger partial charge < -0.3 is 14.2 Å². The minimum atomic E-state index is -0.543. The van der Waals surface area contributed by atoms with E-state index in [4.69, 9.17) is 14.2 Å². The molecule has 0 saturated heterocycles. The van der Waals surface area contributed by atoms with E-state index in [1.807, 2.05) is 6.92 Å². The fourth-order valence-electron chi connectivity index (χ4n) is 1.63. The molecule has 0 aliphatic carbocycles. The van der Waals surface area contributed by atoms with Crippen LogP contribution in [0, 0.1) is 5.82 Å². The first kappa shape index (κ1) is 15.3. The lowest BCUT2D eigenvalue weighted by Gasteiger charge is -2.12. The molecule has 0 unspecified atom stereocenters. The summed E-state index contributed by atoms with van der Waals surface area (Å²) in [6, 6.07) is 2.98. The number of halogens is 1.